The van der Waals surface area contributed by atoms with Gasteiger partial charge in [0.15, 0.2) is 0 Å². The molecular formula is C9H17N3. The molecule has 0 fully saturated rings. The van der Waals surface area contributed by atoms with Crippen molar-refractivity contribution in [3.63, 3.8) is 0 Å². The number of hydrogen-bond donors (Lipinski definition) is 2. The molecule has 0 spiro atoms. The number of hydrogen-bond acceptors (Lipinski definition) is 3. The summed E-state index contributed by atoms with van der Waals surface area (Å²) in [5, 5.41) is 0. The van der Waals surface area contributed by atoms with Gasteiger partial charge in [-0.05, 0) is 13.3 Å². The van der Waals surface area contributed by atoms with Gasteiger partial charge in [-0.2, -0.15) is 0 Å². The number of rotatable bonds is 4. The Morgan fingerprint density at radius 1 is 1.67 bits per heavy atom. The first kappa shape index (κ1) is 10.8. The summed E-state index contributed by atoms with van der Waals surface area (Å²) in [6.45, 7) is 7.63. The van der Waals surface area contributed by atoms with Gasteiger partial charge in [0, 0.05) is 29.7 Å². The Bertz CT molecular complexity index is 204. The topological polar surface area (TPSA) is 64.4 Å². The van der Waals surface area contributed by atoms with Gasteiger partial charge in [0.1, 0.15) is 0 Å². The molecule has 0 amide bonds. The maximum atomic E-state index is 5.52. The minimum atomic E-state index is 0.278. The number of nitrogens with two attached hydrogens (primary N) is 2. The lowest BCUT2D eigenvalue weighted by Gasteiger charge is -2.09. The molecular weight excluding hydrogens is 150 g/mol. The van der Waals surface area contributed by atoms with Crippen LogP contribution in [0.15, 0.2) is 29.7 Å². The number of allylic oxidation sites excluding steroid dienone is 1. The lowest BCUT2D eigenvalue weighted by Crippen LogP contribution is -2.10. The van der Waals surface area contributed by atoms with Gasteiger partial charge in [0.2, 0.25) is 0 Å². The zero-order valence-electron chi connectivity index (χ0n) is 7.75. The van der Waals surface area contributed by atoms with Crippen LogP contribution in [0.1, 0.15) is 20.3 Å². The van der Waals surface area contributed by atoms with Crippen molar-refractivity contribution in [3.8, 4) is 0 Å². The summed E-state index contributed by atoms with van der Waals surface area (Å²) >= 11 is 0. The standard InChI is InChI=1S/C9H17N3/c1-7(9(3)11)6-8(2)12-5-4-10/h4-5,7H,3,6,10-11H2,1-2H3/b5-4-,12-8?/t7-/m0/s1. The molecule has 3 heteroatoms. The van der Waals surface area contributed by atoms with Crippen LogP contribution in [-0.4, -0.2) is 5.71 Å². The summed E-state index contributed by atoms with van der Waals surface area (Å²) in [6, 6.07) is 0. The molecule has 0 aromatic heterocycles. The molecule has 0 heterocycles. The summed E-state index contributed by atoms with van der Waals surface area (Å²) in [7, 11) is 0. The Kier molecular flexibility index (Phi) is 4.84. The van der Waals surface area contributed by atoms with E-state index in [1.165, 1.54) is 6.20 Å². The molecule has 12 heavy (non-hydrogen) atoms. The van der Waals surface area contributed by atoms with Crippen molar-refractivity contribution in [2.45, 2.75) is 20.3 Å². The largest absolute Gasteiger partial charge is 0.403 e. The van der Waals surface area contributed by atoms with Crippen molar-refractivity contribution < 1.29 is 0 Å². The van der Waals surface area contributed by atoms with Crippen molar-refractivity contribution >= 4 is 5.71 Å². The number of aliphatic imine (C=N–C) groups is 1. The molecule has 0 radical (unpaired) electrons. The van der Waals surface area contributed by atoms with Crippen molar-refractivity contribution in [1.29, 1.82) is 0 Å². The third kappa shape index (κ3) is 4.55. The molecule has 0 rings (SSSR count). The van der Waals surface area contributed by atoms with E-state index in [-0.39, 0.29) is 5.92 Å². The molecule has 4 N–H and O–H groups in total. The Labute approximate surface area is 73.9 Å². The molecule has 0 aliphatic carbocycles. The van der Waals surface area contributed by atoms with E-state index in [4.69, 9.17) is 11.5 Å². The molecule has 0 aliphatic rings. The first-order valence-electron chi connectivity index (χ1n) is 3.92. The van der Waals surface area contributed by atoms with Crippen LogP contribution in [-0.2, 0) is 0 Å². The van der Waals surface area contributed by atoms with Crippen LogP contribution in [0.2, 0.25) is 0 Å². The maximum Gasteiger partial charge on any atom is 0.0421 e. The molecule has 0 saturated carbocycles. The van der Waals surface area contributed by atoms with Gasteiger partial charge < -0.3 is 11.5 Å². The van der Waals surface area contributed by atoms with Gasteiger partial charge >= 0.3 is 0 Å². The molecule has 3 nitrogen and oxygen atoms in total. The van der Waals surface area contributed by atoms with E-state index < -0.39 is 0 Å². The van der Waals surface area contributed by atoms with Crippen LogP contribution in [0.25, 0.3) is 0 Å². The van der Waals surface area contributed by atoms with E-state index in [9.17, 15) is 0 Å². The third-order valence-corrected chi connectivity index (χ3v) is 1.62. The van der Waals surface area contributed by atoms with E-state index in [1.807, 2.05) is 13.8 Å². The van der Waals surface area contributed by atoms with E-state index in [0.29, 0.717) is 5.70 Å². The summed E-state index contributed by atoms with van der Waals surface area (Å²) < 4.78 is 0. The number of nitrogens with zero attached hydrogens (tertiary/aromatic N) is 1. The van der Waals surface area contributed by atoms with Crippen molar-refractivity contribution in [2.24, 2.45) is 22.4 Å². The highest BCUT2D eigenvalue weighted by Crippen LogP contribution is 2.08. The SMILES string of the molecule is C=C(N)[C@@H](C)CC(C)=N/C=C\N. The van der Waals surface area contributed by atoms with Crippen molar-refractivity contribution in [3.05, 3.63) is 24.7 Å². The van der Waals surface area contributed by atoms with Gasteiger partial charge in [-0.15, -0.1) is 0 Å². The summed E-state index contributed by atoms with van der Waals surface area (Å²) in [4.78, 5) is 4.08. The van der Waals surface area contributed by atoms with Crippen molar-refractivity contribution in [2.75, 3.05) is 0 Å². The highest BCUT2D eigenvalue weighted by molar-refractivity contribution is 5.82. The van der Waals surface area contributed by atoms with Crippen molar-refractivity contribution in [1.82, 2.24) is 0 Å². The predicted octanol–water partition coefficient (Wildman–Crippen LogP) is 1.38. The Balaban J connectivity index is 3.99. The highest BCUT2D eigenvalue weighted by atomic mass is 14.7. The Hall–Kier alpha value is -1.25. The van der Waals surface area contributed by atoms with Gasteiger partial charge in [-0.3, -0.25) is 4.99 Å². The second-order valence-electron chi connectivity index (χ2n) is 2.89. The molecule has 68 valence electrons. The Morgan fingerprint density at radius 3 is 2.67 bits per heavy atom. The van der Waals surface area contributed by atoms with Crippen LogP contribution >= 0.6 is 0 Å². The minimum Gasteiger partial charge on any atom is -0.403 e. The van der Waals surface area contributed by atoms with Gasteiger partial charge in [-0.1, -0.05) is 13.5 Å². The zero-order valence-corrected chi connectivity index (χ0v) is 7.75. The highest BCUT2D eigenvalue weighted by Gasteiger charge is 2.03. The molecule has 0 unspecified atom stereocenters. The fourth-order valence-electron chi connectivity index (χ4n) is 0.797. The van der Waals surface area contributed by atoms with Gasteiger partial charge in [0.25, 0.3) is 0 Å². The summed E-state index contributed by atoms with van der Waals surface area (Å²) in [6.07, 6.45) is 3.81. The van der Waals surface area contributed by atoms with E-state index in [1.54, 1.807) is 6.20 Å². The molecule has 0 saturated heterocycles. The van der Waals surface area contributed by atoms with E-state index in [0.717, 1.165) is 12.1 Å². The predicted molar refractivity (Wildman–Crippen MR) is 53.5 cm³/mol. The van der Waals surface area contributed by atoms with E-state index in [2.05, 4.69) is 11.6 Å². The molecule has 0 aromatic carbocycles. The van der Waals surface area contributed by atoms with Crippen LogP contribution in [0, 0.1) is 5.92 Å². The van der Waals surface area contributed by atoms with E-state index >= 15 is 0 Å². The normalized spacial score (nSPS) is 15.0. The lowest BCUT2D eigenvalue weighted by atomic mass is 10.0. The lowest BCUT2D eigenvalue weighted by molar-refractivity contribution is 0.707. The second kappa shape index (κ2) is 5.41. The van der Waals surface area contributed by atoms with Gasteiger partial charge in [-0.25, -0.2) is 0 Å². The first-order valence-corrected chi connectivity index (χ1v) is 3.92. The summed E-state index contributed by atoms with van der Waals surface area (Å²) in [5.41, 5.74) is 12.4. The molecule has 1 atom stereocenters. The van der Waals surface area contributed by atoms with Crippen LogP contribution in [0.3, 0.4) is 0 Å². The Morgan fingerprint density at radius 2 is 2.25 bits per heavy atom. The third-order valence-electron chi connectivity index (χ3n) is 1.62. The first-order chi connectivity index (χ1) is 5.57. The van der Waals surface area contributed by atoms with Gasteiger partial charge in [0.05, 0.1) is 0 Å². The average molecular weight is 167 g/mol. The van der Waals surface area contributed by atoms with Crippen LogP contribution < -0.4 is 11.5 Å². The van der Waals surface area contributed by atoms with Crippen LogP contribution in [0.4, 0.5) is 0 Å². The van der Waals surface area contributed by atoms with Crippen LogP contribution in [0.5, 0.6) is 0 Å². The fraction of sp³-hybridized carbons (Fsp3) is 0.444. The minimum absolute atomic E-state index is 0.278. The average Bonchev–Trinajstić information content (AvgIpc) is 2.00. The summed E-state index contributed by atoms with van der Waals surface area (Å²) in [5.74, 6) is 0.278. The second-order valence-corrected chi connectivity index (χ2v) is 2.89. The smallest absolute Gasteiger partial charge is 0.0421 e. The zero-order chi connectivity index (χ0) is 9.56. The molecule has 0 bridgehead atoms. The maximum absolute atomic E-state index is 5.52. The fourth-order valence-corrected chi connectivity index (χ4v) is 0.797. The molecule has 0 aliphatic heterocycles. The quantitative estimate of drug-likeness (QED) is 0.621. The molecule has 0 aromatic rings. The monoisotopic (exact) mass is 167 g/mol.